The second-order valence-corrected chi connectivity index (χ2v) is 4.04. The zero-order valence-electron chi connectivity index (χ0n) is 9.06. The van der Waals surface area contributed by atoms with Crippen LogP contribution < -0.4 is 5.73 Å². The van der Waals surface area contributed by atoms with Gasteiger partial charge in [-0.05, 0) is 18.9 Å². The van der Waals surface area contributed by atoms with Gasteiger partial charge in [0, 0.05) is 19.0 Å². The molecule has 0 fully saturated rings. The Kier molecular flexibility index (Phi) is 2.90. The molecule has 1 heterocycles. The molecule has 0 aromatic heterocycles. The van der Waals surface area contributed by atoms with Crippen LogP contribution in [0.25, 0.3) is 0 Å². The SMILES string of the molecule is CC(Cc1ccccc1)N1CCC(N)=N1. The normalized spacial score (nSPS) is 17.7. The third kappa shape index (κ3) is 2.49. The van der Waals surface area contributed by atoms with Gasteiger partial charge in [-0.25, -0.2) is 0 Å². The molecule has 3 nitrogen and oxygen atoms in total. The summed E-state index contributed by atoms with van der Waals surface area (Å²) in [4.78, 5) is 0. The second kappa shape index (κ2) is 4.34. The van der Waals surface area contributed by atoms with Crippen molar-refractivity contribution in [2.75, 3.05) is 6.54 Å². The highest BCUT2D eigenvalue weighted by Crippen LogP contribution is 2.13. The second-order valence-electron chi connectivity index (χ2n) is 4.04. The zero-order valence-corrected chi connectivity index (χ0v) is 9.06. The molecule has 1 atom stereocenters. The molecule has 1 aromatic rings. The fraction of sp³-hybridized carbons (Fsp3) is 0.417. The van der Waals surface area contributed by atoms with Crippen molar-refractivity contribution in [2.45, 2.75) is 25.8 Å². The first-order valence-corrected chi connectivity index (χ1v) is 5.39. The zero-order chi connectivity index (χ0) is 10.7. The van der Waals surface area contributed by atoms with Gasteiger partial charge in [-0.3, -0.25) is 5.01 Å². The Labute approximate surface area is 90.6 Å². The van der Waals surface area contributed by atoms with Crippen LogP contribution in [0.3, 0.4) is 0 Å². The Balaban J connectivity index is 1.96. The molecule has 0 bridgehead atoms. The fourth-order valence-corrected chi connectivity index (χ4v) is 1.87. The van der Waals surface area contributed by atoms with Crippen LogP contribution in [0.4, 0.5) is 0 Å². The Bertz CT molecular complexity index is 345. The quantitative estimate of drug-likeness (QED) is 0.810. The number of nitrogens with zero attached hydrogens (tertiary/aromatic N) is 2. The van der Waals surface area contributed by atoms with Crippen LogP contribution in [0.2, 0.25) is 0 Å². The highest BCUT2D eigenvalue weighted by molar-refractivity contribution is 5.81. The van der Waals surface area contributed by atoms with E-state index in [1.807, 2.05) is 6.07 Å². The number of hydrazone groups is 1. The maximum Gasteiger partial charge on any atom is 0.121 e. The van der Waals surface area contributed by atoms with E-state index < -0.39 is 0 Å². The minimum atomic E-state index is 0.424. The molecule has 0 spiro atoms. The number of benzene rings is 1. The topological polar surface area (TPSA) is 41.6 Å². The molecule has 3 heteroatoms. The highest BCUT2D eigenvalue weighted by Gasteiger charge is 2.17. The van der Waals surface area contributed by atoms with Gasteiger partial charge in [-0.1, -0.05) is 30.3 Å². The summed E-state index contributed by atoms with van der Waals surface area (Å²) in [6.07, 6.45) is 1.93. The molecule has 1 aromatic carbocycles. The number of hydrogen-bond donors (Lipinski definition) is 1. The van der Waals surface area contributed by atoms with Gasteiger partial charge in [0.15, 0.2) is 0 Å². The first-order chi connectivity index (χ1) is 7.25. The van der Waals surface area contributed by atoms with Gasteiger partial charge >= 0.3 is 0 Å². The van der Waals surface area contributed by atoms with Crippen LogP contribution in [0.15, 0.2) is 35.4 Å². The summed E-state index contributed by atoms with van der Waals surface area (Å²) in [5.74, 6) is 0.759. The van der Waals surface area contributed by atoms with Crippen LogP contribution in [0, 0.1) is 0 Å². The number of nitrogens with two attached hydrogens (primary N) is 1. The third-order valence-corrected chi connectivity index (χ3v) is 2.74. The van der Waals surface area contributed by atoms with E-state index >= 15 is 0 Å². The molecule has 2 N–H and O–H groups in total. The van der Waals surface area contributed by atoms with Crippen molar-refractivity contribution in [3.63, 3.8) is 0 Å². The molecule has 80 valence electrons. The van der Waals surface area contributed by atoms with Gasteiger partial charge in [0.2, 0.25) is 0 Å². The van der Waals surface area contributed by atoms with Gasteiger partial charge in [-0.15, -0.1) is 0 Å². The number of hydrogen-bond acceptors (Lipinski definition) is 3. The summed E-state index contributed by atoms with van der Waals surface area (Å²) in [6.45, 7) is 3.15. The fourth-order valence-electron chi connectivity index (χ4n) is 1.87. The van der Waals surface area contributed by atoms with Crippen LogP contribution in [0.1, 0.15) is 18.9 Å². The molecule has 1 unspecified atom stereocenters. The van der Waals surface area contributed by atoms with E-state index in [1.54, 1.807) is 0 Å². The van der Waals surface area contributed by atoms with Gasteiger partial charge in [-0.2, -0.15) is 5.10 Å². The lowest BCUT2D eigenvalue weighted by atomic mass is 10.1. The molecule has 1 aliphatic rings. The molecular weight excluding hydrogens is 186 g/mol. The lowest BCUT2D eigenvalue weighted by Gasteiger charge is -2.22. The number of amidine groups is 1. The molecular formula is C12H17N3. The summed E-state index contributed by atoms with van der Waals surface area (Å²) in [7, 11) is 0. The van der Waals surface area contributed by atoms with E-state index in [2.05, 4.69) is 41.3 Å². The Morgan fingerprint density at radius 3 is 2.73 bits per heavy atom. The molecule has 1 aliphatic heterocycles. The van der Waals surface area contributed by atoms with Gasteiger partial charge in [0.1, 0.15) is 5.84 Å². The first-order valence-electron chi connectivity index (χ1n) is 5.39. The van der Waals surface area contributed by atoms with Crippen molar-refractivity contribution >= 4 is 5.84 Å². The summed E-state index contributed by atoms with van der Waals surface area (Å²) < 4.78 is 0. The van der Waals surface area contributed by atoms with Crippen molar-refractivity contribution in [3.05, 3.63) is 35.9 Å². The van der Waals surface area contributed by atoms with Crippen LogP contribution in [-0.4, -0.2) is 23.4 Å². The lowest BCUT2D eigenvalue weighted by molar-refractivity contribution is 0.240. The van der Waals surface area contributed by atoms with E-state index in [4.69, 9.17) is 5.73 Å². The van der Waals surface area contributed by atoms with E-state index in [0.717, 1.165) is 25.2 Å². The Morgan fingerprint density at radius 2 is 2.13 bits per heavy atom. The maximum absolute atomic E-state index is 5.66. The van der Waals surface area contributed by atoms with Crippen LogP contribution in [-0.2, 0) is 6.42 Å². The minimum absolute atomic E-state index is 0.424. The molecule has 0 saturated heterocycles. The Morgan fingerprint density at radius 1 is 1.40 bits per heavy atom. The van der Waals surface area contributed by atoms with Crippen molar-refractivity contribution in [1.82, 2.24) is 5.01 Å². The summed E-state index contributed by atoms with van der Waals surface area (Å²) in [5, 5.41) is 6.40. The summed E-state index contributed by atoms with van der Waals surface area (Å²) in [5.41, 5.74) is 7.02. The summed E-state index contributed by atoms with van der Waals surface area (Å²) >= 11 is 0. The van der Waals surface area contributed by atoms with Crippen molar-refractivity contribution in [1.29, 1.82) is 0 Å². The van der Waals surface area contributed by atoms with Crippen molar-refractivity contribution < 1.29 is 0 Å². The van der Waals surface area contributed by atoms with E-state index in [0.29, 0.717) is 6.04 Å². The largest absolute Gasteiger partial charge is 0.386 e. The monoisotopic (exact) mass is 203 g/mol. The smallest absolute Gasteiger partial charge is 0.121 e. The van der Waals surface area contributed by atoms with Crippen molar-refractivity contribution in [3.8, 4) is 0 Å². The Hall–Kier alpha value is -1.51. The van der Waals surface area contributed by atoms with Gasteiger partial charge < -0.3 is 5.73 Å². The van der Waals surface area contributed by atoms with E-state index in [9.17, 15) is 0 Å². The van der Waals surface area contributed by atoms with Gasteiger partial charge in [0.25, 0.3) is 0 Å². The van der Waals surface area contributed by atoms with Crippen LogP contribution in [0.5, 0.6) is 0 Å². The predicted molar refractivity (Wildman–Crippen MR) is 62.6 cm³/mol. The first kappa shape index (κ1) is 10.0. The lowest BCUT2D eigenvalue weighted by Crippen LogP contribution is -2.28. The maximum atomic E-state index is 5.66. The third-order valence-electron chi connectivity index (χ3n) is 2.74. The van der Waals surface area contributed by atoms with Crippen LogP contribution >= 0.6 is 0 Å². The highest BCUT2D eigenvalue weighted by atomic mass is 15.5. The average Bonchev–Trinajstić information content (AvgIpc) is 2.66. The standard InChI is InChI=1S/C12H17N3/c1-10(15-8-7-12(13)14-15)9-11-5-3-2-4-6-11/h2-6,10H,7-9H2,1H3,(H2,13,14). The minimum Gasteiger partial charge on any atom is -0.386 e. The number of rotatable bonds is 3. The van der Waals surface area contributed by atoms with E-state index in [1.165, 1.54) is 5.56 Å². The molecule has 2 rings (SSSR count). The molecule has 0 amide bonds. The molecule has 0 radical (unpaired) electrons. The molecule has 0 saturated carbocycles. The van der Waals surface area contributed by atoms with Crippen molar-refractivity contribution in [2.24, 2.45) is 10.8 Å². The predicted octanol–water partition coefficient (Wildman–Crippen LogP) is 1.60. The molecule has 0 aliphatic carbocycles. The van der Waals surface area contributed by atoms with Gasteiger partial charge in [0.05, 0.1) is 0 Å². The average molecular weight is 203 g/mol. The molecule has 15 heavy (non-hydrogen) atoms. The summed E-state index contributed by atoms with van der Waals surface area (Å²) in [6, 6.07) is 10.9. The van der Waals surface area contributed by atoms with E-state index in [-0.39, 0.29) is 0 Å².